The standard InChI is InChI=1S/C12H17NO4/c1-16-6-7-17-9-12(15)13-8-10-4-2-3-5-11(10)14/h2-5,14H,6-9H2,1H3,(H,13,15). The van der Waals surface area contributed by atoms with Crippen LogP contribution in [0.15, 0.2) is 24.3 Å². The molecule has 17 heavy (non-hydrogen) atoms. The number of amides is 1. The highest BCUT2D eigenvalue weighted by atomic mass is 16.5. The lowest BCUT2D eigenvalue weighted by Crippen LogP contribution is -2.27. The summed E-state index contributed by atoms with van der Waals surface area (Å²) < 4.78 is 9.83. The third-order valence-corrected chi connectivity index (χ3v) is 2.13. The molecule has 0 atom stereocenters. The van der Waals surface area contributed by atoms with Gasteiger partial charge in [-0.2, -0.15) is 0 Å². The first-order chi connectivity index (χ1) is 8.24. The number of phenolic OH excluding ortho intramolecular Hbond substituents is 1. The number of ether oxygens (including phenoxy) is 2. The van der Waals surface area contributed by atoms with E-state index in [4.69, 9.17) is 9.47 Å². The van der Waals surface area contributed by atoms with Crippen molar-refractivity contribution in [1.29, 1.82) is 0 Å². The second-order valence-corrected chi connectivity index (χ2v) is 3.45. The Morgan fingerprint density at radius 3 is 2.82 bits per heavy atom. The van der Waals surface area contributed by atoms with E-state index in [0.29, 0.717) is 25.3 Å². The first kappa shape index (κ1) is 13.5. The quantitative estimate of drug-likeness (QED) is 0.686. The zero-order valence-electron chi connectivity index (χ0n) is 9.81. The second-order valence-electron chi connectivity index (χ2n) is 3.45. The van der Waals surface area contributed by atoms with E-state index in [1.165, 1.54) is 0 Å². The molecule has 0 heterocycles. The van der Waals surface area contributed by atoms with Crippen molar-refractivity contribution in [3.05, 3.63) is 29.8 Å². The van der Waals surface area contributed by atoms with Crippen LogP contribution in [0.4, 0.5) is 0 Å². The Kier molecular flexibility index (Phi) is 6.06. The van der Waals surface area contributed by atoms with Gasteiger partial charge in [0.15, 0.2) is 0 Å². The molecule has 0 radical (unpaired) electrons. The molecule has 2 N–H and O–H groups in total. The van der Waals surface area contributed by atoms with E-state index < -0.39 is 0 Å². The Morgan fingerprint density at radius 1 is 1.35 bits per heavy atom. The van der Waals surface area contributed by atoms with Gasteiger partial charge in [0.1, 0.15) is 12.4 Å². The minimum absolute atomic E-state index is 0.00302. The SMILES string of the molecule is COCCOCC(=O)NCc1ccccc1O. The molecule has 0 unspecified atom stereocenters. The molecular weight excluding hydrogens is 222 g/mol. The number of hydrogen-bond acceptors (Lipinski definition) is 4. The summed E-state index contributed by atoms with van der Waals surface area (Å²) >= 11 is 0. The van der Waals surface area contributed by atoms with Gasteiger partial charge >= 0.3 is 0 Å². The largest absolute Gasteiger partial charge is 0.508 e. The van der Waals surface area contributed by atoms with E-state index in [0.717, 1.165) is 0 Å². The Hall–Kier alpha value is -1.59. The van der Waals surface area contributed by atoms with Crippen molar-refractivity contribution < 1.29 is 19.4 Å². The van der Waals surface area contributed by atoms with Crippen LogP contribution in [0, 0.1) is 0 Å². The minimum Gasteiger partial charge on any atom is -0.508 e. The van der Waals surface area contributed by atoms with E-state index in [1.807, 2.05) is 0 Å². The number of methoxy groups -OCH3 is 1. The normalized spacial score (nSPS) is 10.2. The van der Waals surface area contributed by atoms with Crippen LogP contribution < -0.4 is 5.32 Å². The molecule has 5 nitrogen and oxygen atoms in total. The summed E-state index contributed by atoms with van der Waals surface area (Å²) in [6, 6.07) is 6.86. The zero-order chi connectivity index (χ0) is 12.5. The van der Waals surface area contributed by atoms with Crippen molar-refractivity contribution in [2.75, 3.05) is 26.9 Å². The number of benzene rings is 1. The third-order valence-electron chi connectivity index (χ3n) is 2.13. The van der Waals surface area contributed by atoms with Gasteiger partial charge in [0.25, 0.3) is 0 Å². The van der Waals surface area contributed by atoms with E-state index in [-0.39, 0.29) is 18.3 Å². The molecule has 0 saturated heterocycles. The maximum Gasteiger partial charge on any atom is 0.246 e. The van der Waals surface area contributed by atoms with Crippen LogP contribution in [0.5, 0.6) is 5.75 Å². The van der Waals surface area contributed by atoms with Crippen molar-refractivity contribution >= 4 is 5.91 Å². The van der Waals surface area contributed by atoms with Gasteiger partial charge in [-0.1, -0.05) is 18.2 Å². The minimum atomic E-state index is -0.218. The Balaban J connectivity index is 2.22. The third kappa shape index (κ3) is 5.33. The molecule has 1 amide bonds. The summed E-state index contributed by atoms with van der Waals surface area (Å²) in [5.74, 6) is -0.0440. The number of rotatable bonds is 7. The maximum atomic E-state index is 11.3. The number of aromatic hydroxyl groups is 1. The number of phenols is 1. The predicted octanol–water partition coefficient (Wildman–Crippen LogP) is 0.671. The van der Waals surface area contributed by atoms with Crippen LogP contribution in [-0.4, -0.2) is 37.9 Å². The van der Waals surface area contributed by atoms with Gasteiger partial charge in [0.2, 0.25) is 5.91 Å². The monoisotopic (exact) mass is 239 g/mol. The molecule has 0 aliphatic carbocycles. The van der Waals surface area contributed by atoms with Crippen molar-refractivity contribution in [3.63, 3.8) is 0 Å². The lowest BCUT2D eigenvalue weighted by Gasteiger charge is -2.07. The number of nitrogens with one attached hydrogen (secondary N) is 1. The highest BCUT2D eigenvalue weighted by Crippen LogP contribution is 2.14. The Morgan fingerprint density at radius 2 is 2.12 bits per heavy atom. The van der Waals surface area contributed by atoms with Gasteiger partial charge in [-0.25, -0.2) is 0 Å². The Labute approximate surface area is 100 Å². The molecule has 0 saturated carbocycles. The van der Waals surface area contributed by atoms with Crippen LogP contribution in [0.2, 0.25) is 0 Å². The molecule has 0 bridgehead atoms. The molecule has 5 heteroatoms. The number of carbonyl (C=O) groups excluding carboxylic acids is 1. The summed E-state index contributed by atoms with van der Waals surface area (Å²) in [7, 11) is 1.57. The van der Waals surface area contributed by atoms with Crippen LogP contribution in [0.1, 0.15) is 5.56 Å². The lowest BCUT2D eigenvalue weighted by molar-refractivity contribution is -0.126. The van der Waals surface area contributed by atoms with Crippen LogP contribution >= 0.6 is 0 Å². The summed E-state index contributed by atoms with van der Waals surface area (Å²) in [4.78, 5) is 11.3. The summed E-state index contributed by atoms with van der Waals surface area (Å²) in [5, 5.41) is 12.1. The van der Waals surface area contributed by atoms with Gasteiger partial charge < -0.3 is 19.9 Å². The van der Waals surface area contributed by atoms with Crippen molar-refractivity contribution in [2.24, 2.45) is 0 Å². The second kappa shape index (κ2) is 7.65. The van der Waals surface area contributed by atoms with Crippen molar-refractivity contribution in [2.45, 2.75) is 6.54 Å². The van der Waals surface area contributed by atoms with E-state index in [9.17, 15) is 9.90 Å². The molecule has 1 aromatic rings. The smallest absolute Gasteiger partial charge is 0.246 e. The van der Waals surface area contributed by atoms with Gasteiger partial charge in [-0.3, -0.25) is 4.79 Å². The molecule has 1 rings (SSSR count). The van der Waals surface area contributed by atoms with E-state index in [1.54, 1.807) is 31.4 Å². The fraction of sp³-hybridized carbons (Fsp3) is 0.417. The van der Waals surface area contributed by atoms with Crippen molar-refractivity contribution in [3.8, 4) is 5.75 Å². The van der Waals surface area contributed by atoms with Crippen LogP contribution in [0.3, 0.4) is 0 Å². The highest BCUT2D eigenvalue weighted by molar-refractivity contribution is 5.77. The number of para-hydroxylation sites is 1. The average molecular weight is 239 g/mol. The van der Waals surface area contributed by atoms with E-state index >= 15 is 0 Å². The molecule has 0 aliphatic heterocycles. The van der Waals surface area contributed by atoms with Crippen LogP contribution in [-0.2, 0) is 20.8 Å². The fourth-order valence-electron chi connectivity index (χ4n) is 1.21. The molecular formula is C12H17NO4. The van der Waals surface area contributed by atoms with E-state index in [2.05, 4.69) is 5.32 Å². The number of hydrogen-bond donors (Lipinski definition) is 2. The topological polar surface area (TPSA) is 67.8 Å². The highest BCUT2D eigenvalue weighted by Gasteiger charge is 2.03. The fourth-order valence-corrected chi connectivity index (χ4v) is 1.21. The first-order valence-corrected chi connectivity index (χ1v) is 5.34. The maximum absolute atomic E-state index is 11.3. The summed E-state index contributed by atoms with van der Waals surface area (Å²) in [6.45, 7) is 1.14. The Bertz CT molecular complexity index is 354. The first-order valence-electron chi connectivity index (χ1n) is 5.34. The van der Waals surface area contributed by atoms with Gasteiger partial charge in [-0.15, -0.1) is 0 Å². The molecule has 0 aromatic heterocycles. The average Bonchev–Trinajstić information content (AvgIpc) is 2.34. The number of carbonyl (C=O) groups is 1. The predicted molar refractivity (Wildman–Crippen MR) is 62.6 cm³/mol. The van der Waals surface area contributed by atoms with Gasteiger partial charge in [-0.05, 0) is 6.07 Å². The molecule has 0 aliphatic rings. The molecule has 1 aromatic carbocycles. The zero-order valence-corrected chi connectivity index (χ0v) is 9.81. The molecule has 0 fully saturated rings. The van der Waals surface area contributed by atoms with Crippen molar-refractivity contribution in [1.82, 2.24) is 5.32 Å². The lowest BCUT2D eigenvalue weighted by atomic mass is 10.2. The molecule has 94 valence electrons. The molecule has 0 spiro atoms. The van der Waals surface area contributed by atoms with Crippen LogP contribution in [0.25, 0.3) is 0 Å². The van der Waals surface area contributed by atoms with Gasteiger partial charge in [0.05, 0.1) is 13.2 Å². The van der Waals surface area contributed by atoms with Gasteiger partial charge in [0, 0.05) is 19.2 Å². The summed E-state index contributed by atoms with van der Waals surface area (Å²) in [5.41, 5.74) is 0.678. The summed E-state index contributed by atoms with van der Waals surface area (Å²) in [6.07, 6.45) is 0.